The molecule has 144 valence electrons. The van der Waals surface area contributed by atoms with Crippen LogP contribution >= 0.6 is 0 Å². The first-order valence-corrected chi connectivity index (χ1v) is 9.10. The molecule has 2 N–H and O–H groups in total. The maximum absolute atomic E-state index is 12.4. The number of rotatable bonds is 7. The lowest BCUT2D eigenvalue weighted by Gasteiger charge is -2.12. The second-order valence-electron chi connectivity index (χ2n) is 6.64. The number of amides is 2. The molecular formula is C20H25N3O4. The van der Waals surface area contributed by atoms with E-state index in [0.29, 0.717) is 17.9 Å². The normalized spacial score (nSPS) is 16.1. The predicted molar refractivity (Wildman–Crippen MR) is 102 cm³/mol. The molecule has 1 aromatic heterocycles. The highest BCUT2D eigenvalue weighted by molar-refractivity contribution is 6.00. The third-order valence-electron chi connectivity index (χ3n) is 4.52. The third kappa shape index (κ3) is 5.10. The van der Waals surface area contributed by atoms with Gasteiger partial charge in [-0.3, -0.25) is 19.7 Å². The molecule has 1 saturated heterocycles. The molecule has 1 fully saturated rings. The largest absolute Gasteiger partial charge is 0.484 e. The Morgan fingerprint density at radius 3 is 2.48 bits per heavy atom. The lowest BCUT2D eigenvalue weighted by Crippen LogP contribution is -2.35. The molecule has 7 heteroatoms. The van der Waals surface area contributed by atoms with Crippen molar-refractivity contribution in [2.24, 2.45) is 0 Å². The first-order valence-electron chi connectivity index (χ1n) is 9.10. The number of aromatic nitrogens is 1. The van der Waals surface area contributed by atoms with Crippen molar-refractivity contribution in [1.29, 1.82) is 0 Å². The summed E-state index contributed by atoms with van der Waals surface area (Å²) in [5, 5.41) is 2.80. The molecule has 0 spiro atoms. The molecule has 27 heavy (non-hydrogen) atoms. The highest BCUT2D eigenvalue weighted by Crippen LogP contribution is 2.13. The summed E-state index contributed by atoms with van der Waals surface area (Å²) < 4.78 is 12.7. The van der Waals surface area contributed by atoms with Crippen LogP contribution in [0.3, 0.4) is 0 Å². The van der Waals surface area contributed by atoms with Crippen LogP contribution in [0.25, 0.3) is 0 Å². The zero-order valence-electron chi connectivity index (χ0n) is 15.7. The molecule has 2 heterocycles. The molecule has 0 unspecified atom stereocenters. The second kappa shape index (κ2) is 8.73. The summed E-state index contributed by atoms with van der Waals surface area (Å²) in [4.78, 5) is 24.2. The van der Waals surface area contributed by atoms with Crippen molar-refractivity contribution in [3.05, 3.63) is 53.3 Å². The highest BCUT2D eigenvalue weighted by Gasteiger charge is 2.16. The van der Waals surface area contributed by atoms with E-state index in [1.807, 2.05) is 26.0 Å². The van der Waals surface area contributed by atoms with E-state index in [4.69, 9.17) is 9.47 Å². The molecule has 1 aliphatic rings. The molecule has 7 nitrogen and oxygen atoms in total. The predicted octanol–water partition coefficient (Wildman–Crippen LogP) is 2.16. The lowest BCUT2D eigenvalue weighted by molar-refractivity contribution is -0.123. The summed E-state index contributed by atoms with van der Waals surface area (Å²) in [6, 6.07) is 10.6. The number of hydrogen-bond acceptors (Lipinski definition) is 4. The molecule has 1 atom stereocenters. The molecular weight excluding hydrogens is 346 g/mol. The fourth-order valence-corrected chi connectivity index (χ4v) is 2.95. The summed E-state index contributed by atoms with van der Waals surface area (Å²) in [6.07, 6.45) is 2.13. The maximum atomic E-state index is 12.4. The first-order chi connectivity index (χ1) is 13.0. The van der Waals surface area contributed by atoms with E-state index in [0.717, 1.165) is 30.8 Å². The Hall–Kier alpha value is -2.80. The van der Waals surface area contributed by atoms with Gasteiger partial charge in [-0.1, -0.05) is 0 Å². The van der Waals surface area contributed by atoms with Crippen molar-refractivity contribution >= 4 is 11.8 Å². The van der Waals surface area contributed by atoms with Crippen LogP contribution in [0, 0.1) is 13.8 Å². The number of carbonyl (C=O) groups excluding carboxylic acids is 2. The zero-order valence-corrected chi connectivity index (χ0v) is 15.7. The Morgan fingerprint density at radius 2 is 1.85 bits per heavy atom. The molecule has 0 radical (unpaired) electrons. The van der Waals surface area contributed by atoms with Gasteiger partial charge in [0.05, 0.1) is 6.10 Å². The minimum Gasteiger partial charge on any atom is -0.484 e. The quantitative estimate of drug-likeness (QED) is 0.782. The zero-order chi connectivity index (χ0) is 19.2. The Kier molecular flexibility index (Phi) is 6.13. The van der Waals surface area contributed by atoms with Gasteiger partial charge in [0.25, 0.3) is 11.8 Å². The average Bonchev–Trinajstić information content (AvgIpc) is 3.30. The first kappa shape index (κ1) is 19.0. The van der Waals surface area contributed by atoms with E-state index in [1.54, 1.807) is 28.9 Å². The van der Waals surface area contributed by atoms with Gasteiger partial charge >= 0.3 is 0 Å². The fourth-order valence-electron chi connectivity index (χ4n) is 2.95. The van der Waals surface area contributed by atoms with Gasteiger partial charge < -0.3 is 14.8 Å². The van der Waals surface area contributed by atoms with Crippen molar-refractivity contribution in [3.8, 4) is 5.75 Å². The summed E-state index contributed by atoms with van der Waals surface area (Å²) in [5.41, 5.74) is 5.27. The minimum atomic E-state index is -0.210. The second-order valence-corrected chi connectivity index (χ2v) is 6.64. The van der Waals surface area contributed by atoms with Crippen molar-refractivity contribution < 1.29 is 19.1 Å². The Labute approximate surface area is 158 Å². The standard InChI is InChI=1S/C20H25N3O4/c1-14-5-6-15(2)23(14)22-20(25)16-7-9-17(10-8-16)27-13-19(24)21-12-18-4-3-11-26-18/h5-10,18H,3-4,11-13H2,1-2H3,(H,21,24)(H,22,25)/t18-/m0/s1. The van der Waals surface area contributed by atoms with Gasteiger partial charge in [0.2, 0.25) is 0 Å². The number of nitrogens with zero attached hydrogens (tertiary/aromatic N) is 1. The highest BCUT2D eigenvalue weighted by atomic mass is 16.5. The van der Waals surface area contributed by atoms with Crippen molar-refractivity contribution in [2.75, 3.05) is 25.2 Å². The lowest BCUT2D eigenvalue weighted by atomic mass is 10.2. The maximum Gasteiger partial charge on any atom is 0.270 e. The Balaban J connectivity index is 1.46. The minimum absolute atomic E-state index is 0.0694. The van der Waals surface area contributed by atoms with Gasteiger partial charge in [0, 0.05) is 30.1 Å². The van der Waals surface area contributed by atoms with Crippen LogP contribution in [0.1, 0.15) is 34.6 Å². The van der Waals surface area contributed by atoms with Crippen molar-refractivity contribution in [3.63, 3.8) is 0 Å². The van der Waals surface area contributed by atoms with Crippen molar-refractivity contribution in [1.82, 2.24) is 9.99 Å². The Morgan fingerprint density at radius 1 is 1.15 bits per heavy atom. The van der Waals surface area contributed by atoms with E-state index in [2.05, 4.69) is 10.7 Å². The van der Waals surface area contributed by atoms with Crippen LogP contribution in [0.4, 0.5) is 0 Å². The van der Waals surface area contributed by atoms with Gasteiger partial charge in [-0.2, -0.15) is 0 Å². The van der Waals surface area contributed by atoms with Gasteiger partial charge in [-0.05, 0) is 63.1 Å². The summed E-state index contributed by atoms with van der Waals surface area (Å²) in [7, 11) is 0. The fraction of sp³-hybridized carbons (Fsp3) is 0.400. The van der Waals surface area contributed by atoms with Crippen molar-refractivity contribution in [2.45, 2.75) is 32.8 Å². The van der Waals surface area contributed by atoms with E-state index in [1.165, 1.54) is 0 Å². The molecule has 0 saturated carbocycles. The summed E-state index contributed by atoms with van der Waals surface area (Å²) in [5.74, 6) is 0.135. The van der Waals surface area contributed by atoms with Crippen LogP contribution < -0.4 is 15.5 Å². The topological polar surface area (TPSA) is 81.6 Å². The van der Waals surface area contributed by atoms with Crippen LogP contribution in [0.15, 0.2) is 36.4 Å². The monoisotopic (exact) mass is 371 g/mol. The number of benzene rings is 1. The summed E-state index contributed by atoms with van der Waals surface area (Å²) in [6.45, 7) is 5.06. The van der Waals surface area contributed by atoms with Crippen LogP contribution in [-0.2, 0) is 9.53 Å². The molecule has 0 bridgehead atoms. The van der Waals surface area contributed by atoms with E-state index in [9.17, 15) is 9.59 Å². The number of carbonyl (C=O) groups is 2. The van der Waals surface area contributed by atoms with Gasteiger partial charge in [-0.15, -0.1) is 0 Å². The average molecular weight is 371 g/mol. The number of ether oxygens (including phenoxy) is 2. The van der Waals surface area contributed by atoms with Gasteiger partial charge in [0.1, 0.15) is 5.75 Å². The van der Waals surface area contributed by atoms with Gasteiger partial charge in [-0.25, -0.2) is 0 Å². The van der Waals surface area contributed by atoms with Crippen LogP contribution in [0.2, 0.25) is 0 Å². The molecule has 2 amide bonds. The summed E-state index contributed by atoms with van der Waals surface area (Å²) >= 11 is 0. The van der Waals surface area contributed by atoms with E-state index < -0.39 is 0 Å². The van der Waals surface area contributed by atoms with Crippen LogP contribution in [0.5, 0.6) is 5.75 Å². The smallest absolute Gasteiger partial charge is 0.270 e. The number of nitrogens with one attached hydrogen (secondary N) is 2. The number of hydrogen-bond donors (Lipinski definition) is 2. The number of aryl methyl sites for hydroxylation is 2. The SMILES string of the molecule is Cc1ccc(C)n1NC(=O)c1ccc(OCC(=O)NC[C@@H]2CCCO2)cc1. The molecule has 1 aromatic carbocycles. The van der Waals surface area contributed by atoms with Gasteiger partial charge in [0.15, 0.2) is 6.61 Å². The van der Waals surface area contributed by atoms with E-state index in [-0.39, 0.29) is 24.5 Å². The third-order valence-corrected chi connectivity index (χ3v) is 4.52. The molecule has 3 rings (SSSR count). The molecule has 0 aliphatic carbocycles. The Bertz CT molecular complexity index is 773. The molecule has 2 aromatic rings. The molecule has 1 aliphatic heterocycles. The van der Waals surface area contributed by atoms with Crippen LogP contribution in [-0.4, -0.2) is 42.4 Å². The van der Waals surface area contributed by atoms with E-state index >= 15 is 0 Å².